The molecule has 14 heteroatoms. The molecule has 0 aromatic carbocycles. The summed E-state index contributed by atoms with van der Waals surface area (Å²) >= 11 is 17.7. The molecular formula is C15H12Br2Cl3N4NaO3S. The maximum absolute atomic E-state index is 9.40. The van der Waals surface area contributed by atoms with E-state index in [0.29, 0.717) is 31.5 Å². The third kappa shape index (κ3) is 19.7. The molecule has 0 radical (unpaired) electrons. The van der Waals surface area contributed by atoms with Crippen LogP contribution >= 0.6 is 65.7 Å². The number of nitrogens with zero attached hydrogens (tertiary/aromatic N) is 4. The molecule has 0 atom stereocenters. The number of aromatic nitrogens is 2. The summed E-state index contributed by atoms with van der Waals surface area (Å²) in [5, 5.41) is 24.0. The van der Waals surface area contributed by atoms with Crippen LogP contribution in [0, 0.1) is 23.2 Å². The van der Waals surface area contributed by atoms with Crippen LogP contribution in [0.3, 0.4) is 0 Å². The molecule has 2 rings (SSSR count). The standard InChI is InChI=1S/C7H4BrClN2.C6H5BrClNO.CH3ClO2S.CN.Na/c8-6-2-1-5(3-4-10)7(9)11-6;7-5-2-1-4(3-10)6(8)9-5;1-5(2,3)4;1-2;/h1-2H,3H2;1-2,10H,3H2;1H3;;/q;;;-1;+1. The van der Waals surface area contributed by atoms with Crippen molar-refractivity contribution in [3.8, 4) is 6.07 Å². The topological polar surface area (TPSA) is 128 Å². The number of nitriles is 1. The van der Waals surface area contributed by atoms with Gasteiger partial charge in [0.15, 0.2) is 0 Å². The van der Waals surface area contributed by atoms with Crippen molar-refractivity contribution in [1.29, 1.82) is 10.5 Å². The Morgan fingerprint density at radius 1 is 1.07 bits per heavy atom. The normalized spacial score (nSPS) is 8.97. The molecule has 1 N–H and O–H groups in total. The van der Waals surface area contributed by atoms with Crippen LogP contribution < -0.4 is 29.6 Å². The predicted molar refractivity (Wildman–Crippen MR) is 115 cm³/mol. The van der Waals surface area contributed by atoms with Gasteiger partial charge in [0.1, 0.15) is 19.5 Å². The van der Waals surface area contributed by atoms with E-state index >= 15 is 0 Å². The summed E-state index contributed by atoms with van der Waals surface area (Å²) in [5.74, 6) is 0. The Labute approximate surface area is 223 Å². The first-order valence-electron chi connectivity index (χ1n) is 6.69. The molecule has 0 aliphatic rings. The Morgan fingerprint density at radius 3 is 1.69 bits per heavy atom. The number of pyridine rings is 2. The Balaban J connectivity index is -0.000000349. The first kappa shape index (κ1) is 33.7. The van der Waals surface area contributed by atoms with E-state index in [1.165, 1.54) is 0 Å². The summed E-state index contributed by atoms with van der Waals surface area (Å²) in [6, 6.07) is 9.00. The van der Waals surface area contributed by atoms with Crippen molar-refractivity contribution in [3.63, 3.8) is 0 Å². The second-order valence-electron chi connectivity index (χ2n) is 4.34. The molecule has 0 fully saturated rings. The molecular weight excluding hydrogens is 605 g/mol. The van der Waals surface area contributed by atoms with E-state index in [1.807, 2.05) is 6.07 Å². The van der Waals surface area contributed by atoms with E-state index in [2.05, 4.69) is 52.5 Å². The van der Waals surface area contributed by atoms with Gasteiger partial charge in [-0.2, -0.15) is 5.26 Å². The maximum Gasteiger partial charge on any atom is 1.00 e. The fourth-order valence-corrected chi connectivity index (χ4v) is 2.47. The molecule has 0 aliphatic carbocycles. The van der Waals surface area contributed by atoms with Gasteiger partial charge >= 0.3 is 29.6 Å². The molecule has 2 aromatic heterocycles. The van der Waals surface area contributed by atoms with Crippen molar-refractivity contribution in [2.24, 2.45) is 0 Å². The average Bonchev–Trinajstić information content (AvgIpc) is 2.59. The van der Waals surface area contributed by atoms with Gasteiger partial charge in [0, 0.05) is 21.8 Å². The predicted octanol–water partition coefficient (Wildman–Crippen LogP) is 1.84. The third-order valence-corrected chi connectivity index (χ3v) is 3.76. The second kappa shape index (κ2) is 18.8. The minimum atomic E-state index is -3.19. The fourth-order valence-electron chi connectivity index (χ4n) is 1.22. The van der Waals surface area contributed by atoms with Gasteiger partial charge in [-0.15, -0.1) is 0 Å². The number of rotatable bonds is 2. The fraction of sp³-hybridized carbons (Fsp3) is 0.200. The van der Waals surface area contributed by atoms with Crippen LogP contribution in [-0.2, 0) is 22.1 Å². The molecule has 152 valence electrons. The monoisotopic (exact) mass is 614 g/mol. The van der Waals surface area contributed by atoms with Gasteiger partial charge in [-0.1, -0.05) is 35.3 Å². The van der Waals surface area contributed by atoms with Crippen molar-refractivity contribution >= 4 is 74.8 Å². The molecule has 0 saturated heterocycles. The van der Waals surface area contributed by atoms with Crippen molar-refractivity contribution in [2.75, 3.05) is 6.26 Å². The van der Waals surface area contributed by atoms with Crippen LogP contribution in [0.2, 0.25) is 10.3 Å². The van der Waals surface area contributed by atoms with E-state index < -0.39 is 9.05 Å². The van der Waals surface area contributed by atoms with Crippen LogP contribution in [0.4, 0.5) is 0 Å². The number of hydrogen-bond donors (Lipinski definition) is 1. The number of hydrogen-bond acceptors (Lipinski definition) is 7. The van der Waals surface area contributed by atoms with Crippen LogP contribution in [0.1, 0.15) is 11.1 Å². The van der Waals surface area contributed by atoms with Gasteiger partial charge in [0.2, 0.25) is 9.05 Å². The van der Waals surface area contributed by atoms with Gasteiger partial charge in [-0.25, -0.2) is 18.4 Å². The molecule has 2 aromatic rings. The molecule has 0 saturated carbocycles. The molecule has 29 heavy (non-hydrogen) atoms. The zero-order chi connectivity index (χ0) is 22.3. The van der Waals surface area contributed by atoms with Crippen LogP contribution in [0.5, 0.6) is 0 Å². The SMILES string of the molecule is CS(=O)(=O)Cl.N#CCc1ccc(Br)nc1Cl.OCc1ccc(Br)nc1Cl.[C-]#N.[Na+]. The zero-order valence-electron chi connectivity index (χ0n) is 15.1. The summed E-state index contributed by atoms with van der Waals surface area (Å²) in [5.41, 5.74) is 1.40. The first-order chi connectivity index (χ1) is 13.0. The summed E-state index contributed by atoms with van der Waals surface area (Å²) in [7, 11) is 1.31. The van der Waals surface area contributed by atoms with Crippen LogP contribution in [-0.4, -0.2) is 29.7 Å². The van der Waals surface area contributed by atoms with E-state index in [-0.39, 0.29) is 36.2 Å². The minimum Gasteiger partial charge on any atom is -0.512 e. The van der Waals surface area contributed by atoms with Gasteiger partial charge in [0.05, 0.1) is 25.4 Å². The van der Waals surface area contributed by atoms with Crippen molar-refractivity contribution in [3.05, 3.63) is 61.5 Å². The molecule has 7 nitrogen and oxygen atoms in total. The molecule has 0 spiro atoms. The third-order valence-electron chi connectivity index (χ3n) is 2.22. The van der Waals surface area contributed by atoms with Crippen LogP contribution in [0.25, 0.3) is 0 Å². The number of halogens is 5. The summed E-state index contributed by atoms with van der Waals surface area (Å²) in [6.45, 7) is 4.68. The molecule has 0 unspecified atom stereocenters. The summed E-state index contributed by atoms with van der Waals surface area (Å²) in [6.07, 6.45) is 1.23. The molecule has 2 heterocycles. The minimum absolute atomic E-state index is 0. The van der Waals surface area contributed by atoms with Crippen molar-refractivity contribution < 1.29 is 43.1 Å². The van der Waals surface area contributed by atoms with Gasteiger partial charge in [-0.3, -0.25) is 0 Å². The molecule has 0 amide bonds. The second-order valence-corrected chi connectivity index (χ2v) is 9.73. The Kier molecular flexibility index (Phi) is 21.8. The molecule has 0 bridgehead atoms. The van der Waals surface area contributed by atoms with E-state index in [9.17, 15) is 8.42 Å². The Bertz CT molecular complexity index is 921. The number of aliphatic hydroxyl groups is 1. The summed E-state index contributed by atoms with van der Waals surface area (Å²) in [4.78, 5) is 7.79. The van der Waals surface area contributed by atoms with E-state index in [1.54, 1.807) is 24.3 Å². The smallest absolute Gasteiger partial charge is 0.512 e. The van der Waals surface area contributed by atoms with Gasteiger partial charge in [0.25, 0.3) is 0 Å². The number of aliphatic hydroxyl groups excluding tert-OH is 1. The zero-order valence-corrected chi connectivity index (χ0v) is 23.3. The molecule has 0 aliphatic heterocycles. The Hall–Kier alpha value is 0.0200. The average molecular weight is 618 g/mol. The van der Waals surface area contributed by atoms with Gasteiger partial charge < -0.3 is 16.9 Å². The van der Waals surface area contributed by atoms with Crippen molar-refractivity contribution in [2.45, 2.75) is 13.0 Å². The van der Waals surface area contributed by atoms with E-state index in [0.717, 1.165) is 11.8 Å². The maximum atomic E-state index is 9.40. The van der Waals surface area contributed by atoms with E-state index in [4.69, 9.17) is 45.4 Å². The first-order valence-corrected chi connectivity index (χ1v) is 11.8. The van der Waals surface area contributed by atoms with Gasteiger partial charge in [-0.05, 0) is 44.0 Å². The Morgan fingerprint density at radius 2 is 1.41 bits per heavy atom. The largest absolute Gasteiger partial charge is 1.00 e. The van der Waals surface area contributed by atoms with Crippen LogP contribution in [0.15, 0.2) is 33.5 Å². The summed E-state index contributed by atoms with van der Waals surface area (Å²) < 4.78 is 20.2. The quantitative estimate of drug-likeness (QED) is 0.236. The van der Waals surface area contributed by atoms with Crippen molar-refractivity contribution in [1.82, 2.24) is 9.97 Å².